The Hall–Kier alpha value is -2.41. The molecule has 1 N–H and O–H groups in total. The molecular weight excluding hydrogens is 572 g/mol. The molecule has 190 valence electrons. The number of alkyl halides is 2. The van der Waals surface area contributed by atoms with Crippen molar-refractivity contribution in [2.24, 2.45) is 0 Å². The SMILES string of the molecule is O=P(/C=C(\Cl)c1ccccc1)(/C=C(\Cl)c1ccccc1)Nc1ncc(Cc2ccc(SC(F)F)cc2)s1. The average Bonchev–Trinajstić information content (AvgIpc) is 3.31. The first-order chi connectivity index (χ1) is 17.8. The highest BCUT2D eigenvalue weighted by molar-refractivity contribution is 7.99. The zero-order chi connectivity index (χ0) is 26.3. The van der Waals surface area contributed by atoms with Crippen LogP contribution in [0.4, 0.5) is 13.9 Å². The number of nitrogens with one attached hydrogen (secondary N) is 1. The summed E-state index contributed by atoms with van der Waals surface area (Å²) in [4.78, 5) is 5.83. The fraction of sp³-hybridized carbons (Fsp3) is 0.0741. The quantitative estimate of drug-likeness (QED) is 0.147. The first-order valence-electron chi connectivity index (χ1n) is 11.0. The summed E-state index contributed by atoms with van der Waals surface area (Å²) in [5, 5.41) is 4.14. The van der Waals surface area contributed by atoms with Crippen molar-refractivity contribution in [1.29, 1.82) is 0 Å². The largest absolute Gasteiger partial charge is 0.306 e. The van der Waals surface area contributed by atoms with Gasteiger partial charge in [0.1, 0.15) is 0 Å². The molecule has 0 fully saturated rings. The third-order valence-electron chi connectivity index (χ3n) is 5.06. The van der Waals surface area contributed by atoms with Crippen LogP contribution in [-0.2, 0) is 11.0 Å². The van der Waals surface area contributed by atoms with Crippen molar-refractivity contribution in [2.45, 2.75) is 17.1 Å². The molecular formula is C27H21Cl2F2N2OPS2. The Labute approximate surface area is 232 Å². The topological polar surface area (TPSA) is 42.0 Å². The van der Waals surface area contributed by atoms with Crippen molar-refractivity contribution < 1.29 is 13.3 Å². The molecule has 0 aliphatic heterocycles. The second-order valence-corrected chi connectivity index (χ2v) is 13.0. The predicted molar refractivity (Wildman–Crippen MR) is 155 cm³/mol. The number of thiazole rings is 1. The summed E-state index contributed by atoms with van der Waals surface area (Å²) >= 11 is 15.0. The van der Waals surface area contributed by atoms with Crippen molar-refractivity contribution in [3.63, 3.8) is 0 Å². The second kappa shape index (κ2) is 12.9. The highest BCUT2D eigenvalue weighted by atomic mass is 35.5. The highest BCUT2D eigenvalue weighted by Crippen LogP contribution is 2.54. The number of benzene rings is 3. The summed E-state index contributed by atoms with van der Waals surface area (Å²) in [5.41, 5.74) is 2.41. The number of anilines is 1. The molecule has 0 spiro atoms. The van der Waals surface area contributed by atoms with E-state index >= 15 is 0 Å². The van der Waals surface area contributed by atoms with Crippen molar-refractivity contribution in [3.05, 3.63) is 124 Å². The summed E-state index contributed by atoms with van der Waals surface area (Å²) in [6.07, 6.45) is 2.26. The minimum Gasteiger partial charge on any atom is -0.306 e. The van der Waals surface area contributed by atoms with Gasteiger partial charge in [-0.25, -0.2) is 4.98 Å². The van der Waals surface area contributed by atoms with Gasteiger partial charge >= 0.3 is 0 Å². The van der Waals surface area contributed by atoms with Gasteiger partial charge in [-0.1, -0.05) is 108 Å². The van der Waals surface area contributed by atoms with Gasteiger partial charge in [-0.3, -0.25) is 4.57 Å². The zero-order valence-electron chi connectivity index (χ0n) is 19.2. The van der Waals surface area contributed by atoms with E-state index in [-0.39, 0.29) is 0 Å². The van der Waals surface area contributed by atoms with Crippen LogP contribution in [0.25, 0.3) is 10.1 Å². The van der Waals surface area contributed by atoms with Crippen molar-refractivity contribution in [3.8, 4) is 0 Å². The van der Waals surface area contributed by atoms with Crippen molar-refractivity contribution in [2.75, 3.05) is 5.09 Å². The maximum atomic E-state index is 14.1. The van der Waals surface area contributed by atoms with Gasteiger partial charge in [-0.15, -0.1) is 11.3 Å². The molecule has 0 atom stereocenters. The minimum absolute atomic E-state index is 0.323. The molecule has 0 radical (unpaired) electrons. The smallest absolute Gasteiger partial charge is 0.288 e. The van der Waals surface area contributed by atoms with Gasteiger partial charge in [-0.05, 0) is 28.8 Å². The molecule has 0 amide bonds. The van der Waals surface area contributed by atoms with Crippen molar-refractivity contribution >= 4 is 68.8 Å². The van der Waals surface area contributed by atoms with E-state index in [1.807, 2.05) is 72.8 Å². The van der Waals surface area contributed by atoms with Crippen LogP contribution < -0.4 is 5.09 Å². The first kappa shape index (κ1) is 27.6. The molecule has 3 aromatic carbocycles. The summed E-state index contributed by atoms with van der Waals surface area (Å²) in [6.45, 7) is 0. The normalized spacial score (nSPS) is 12.7. The van der Waals surface area contributed by atoms with E-state index in [0.717, 1.165) is 21.6 Å². The van der Waals surface area contributed by atoms with Gasteiger partial charge in [0, 0.05) is 34.0 Å². The summed E-state index contributed by atoms with van der Waals surface area (Å²) in [6, 6.07) is 25.4. The van der Waals surface area contributed by atoms with E-state index in [9.17, 15) is 13.3 Å². The molecule has 0 saturated carbocycles. The lowest BCUT2D eigenvalue weighted by atomic mass is 10.1. The number of nitrogens with zero attached hydrogens (tertiary/aromatic N) is 1. The molecule has 4 aromatic rings. The van der Waals surface area contributed by atoms with Gasteiger partial charge in [-0.2, -0.15) is 8.78 Å². The van der Waals surface area contributed by atoms with Crippen LogP contribution in [0.1, 0.15) is 21.6 Å². The number of hydrogen-bond donors (Lipinski definition) is 1. The molecule has 4 rings (SSSR count). The van der Waals surface area contributed by atoms with E-state index in [1.54, 1.807) is 18.3 Å². The third-order valence-corrected chi connectivity index (χ3v) is 9.65. The molecule has 3 nitrogen and oxygen atoms in total. The lowest BCUT2D eigenvalue weighted by molar-refractivity contribution is 0.252. The maximum Gasteiger partial charge on any atom is 0.288 e. The van der Waals surface area contributed by atoms with Gasteiger partial charge in [0.25, 0.3) is 5.76 Å². The Morgan fingerprint density at radius 3 is 1.97 bits per heavy atom. The lowest BCUT2D eigenvalue weighted by Gasteiger charge is -2.13. The van der Waals surface area contributed by atoms with Gasteiger partial charge in [0.05, 0.1) is 10.1 Å². The van der Waals surface area contributed by atoms with E-state index in [2.05, 4.69) is 10.1 Å². The van der Waals surface area contributed by atoms with E-state index in [0.29, 0.717) is 38.3 Å². The number of rotatable bonds is 10. The monoisotopic (exact) mass is 592 g/mol. The maximum absolute atomic E-state index is 14.1. The number of hydrogen-bond acceptors (Lipinski definition) is 4. The fourth-order valence-electron chi connectivity index (χ4n) is 3.36. The Morgan fingerprint density at radius 1 is 0.919 bits per heavy atom. The van der Waals surface area contributed by atoms with Crippen LogP contribution in [0.2, 0.25) is 0 Å². The predicted octanol–water partition coefficient (Wildman–Crippen LogP) is 10.2. The van der Waals surface area contributed by atoms with Gasteiger partial charge in [0.2, 0.25) is 7.29 Å². The van der Waals surface area contributed by atoms with Crippen LogP contribution in [-0.4, -0.2) is 10.7 Å². The molecule has 10 heteroatoms. The number of aromatic nitrogens is 1. The third kappa shape index (κ3) is 8.29. The molecule has 37 heavy (non-hydrogen) atoms. The molecule has 0 aliphatic carbocycles. The summed E-state index contributed by atoms with van der Waals surface area (Å²) in [5.74, 6) is 0.510. The van der Waals surface area contributed by atoms with E-state index < -0.39 is 13.1 Å². The highest BCUT2D eigenvalue weighted by Gasteiger charge is 2.21. The number of halogens is 4. The van der Waals surface area contributed by atoms with E-state index in [1.165, 1.54) is 23.0 Å². The van der Waals surface area contributed by atoms with E-state index in [4.69, 9.17) is 23.2 Å². The Morgan fingerprint density at radius 2 is 1.46 bits per heavy atom. The Balaban J connectivity index is 1.58. The van der Waals surface area contributed by atoms with Crippen LogP contribution in [0.3, 0.4) is 0 Å². The first-order valence-corrected chi connectivity index (χ1v) is 15.3. The minimum atomic E-state index is -3.44. The van der Waals surface area contributed by atoms with Gasteiger partial charge < -0.3 is 5.09 Å². The molecule has 1 aromatic heterocycles. The standard InChI is InChI=1S/C27H21Cl2F2N2OPS2/c28-24(20-7-3-1-4-8-20)17-35(34,18-25(29)21-9-5-2-6-10-21)33-27-32-16-23(37-27)15-19-11-13-22(14-12-19)36-26(30)31/h1-14,16-18,26H,15H2,(H,32,33,34)/b24-17-,25-18-. The Bertz CT molecular complexity index is 1370. The molecule has 0 aliphatic rings. The van der Waals surface area contributed by atoms with Crippen LogP contribution in [0.15, 0.2) is 108 Å². The summed E-state index contributed by atoms with van der Waals surface area (Å²) in [7, 11) is -3.44. The lowest BCUT2D eigenvalue weighted by Crippen LogP contribution is -1.93. The van der Waals surface area contributed by atoms with Gasteiger partial charge in [0.15, 0.2) is 5.13 Å². The van der Waals surface area contributed by atoms with Crippen LogP contribution >= 0.6 is 53.6 Å². The van der Waals surface area contributed by atoms with Crippen LogP contribution in [0, 0.1) is 0 Å². The zero-order valence-corrected chi connectivity index (χ0v) is 23.3. The Kier molecular flexibility index (Phi) is 9.63. The molecule has 0 bridgehead atoms. The number of thioether (sulfide) groups is 1. The van der Waals surface area contributed by atoms with Crippen LogP contribution in [0.5, 0.6) is 0 Å². The molecule has 0 unspecified atom stereocenters. The van der Waals surface area contributed by atoms with Crippen molar-refractivity contribution in [1.82, 2.24) is 4.98 Å². The fourth-order valence-corrected chi connectivity index (χ4v) is 7.82. The second-order valence-electron chi connectivity index (χ2n) is 7.84. The summed E-state index contributed by atoms with van der Waals surface area (Å²) < 4.78 is 39.2. The average molecular weight is 593 g/mol. The molecule has 0 saturated heterocycles. The molecule has 1 heterocycles.